The van der Waals surface area contributed by atoms with Crippen molar-refractivity contribution in [2.45, 2.75) is 6.61 Å². The Morgan fingerprint density at radius 3 is 2.75 bits per heavy atom. The molecule has 4 rings (SSSR count). The standard InChI is InChI=1S/C22H19ClN4O/c1-27-21-12-5-4-11-20(21)25-22(27)26-24-14-16-7-6-9-18(13-16)28-15-17-8-2-3-10-19(17)23/h2-14H,15H2,1H3,(H,25,26)/b24-14-. The summed E-state index contributed by atoms with van der Waals surface area (Å²) >= 11 is 6.17. The number of hydrogen-bond donors (Lipinski definition) is 1. The Kier molecular flexibility index (Phi) is 5.26. The number of para-hydroxylation sites is 2. The molecule has 0 saturated heterocycles. The molecule has 0 aliphatic rings. The van der Waals surface area contributed by atoms with E-state index in [1.54, 1.807) is 6.21 Å². The van der Waals surface area contributed by atoms with E-state index in [0.29, 0.717) is 17.6 Å². The Labute approximate surface area is 168 Å². The molecule has 0 aliphatic heterocycles. The highest BCUT2D eigenvalue weighted by molar-refractivity contribution is 6.31. The maximum Gasteiger partial charge on any atom is 0.224 e. The summed E-state index contributed by atoms with van der Waals surface area (Å²) in [6.45, 7) is 0.415. The van der Waals surface area contributed by atoms with Crippen molar-refractivity contribution >= 4 is 34.8 Å². The van der Waals surface area contributed by atoms with Crippen LogP contribution >= 0.6 is 11.6 Å². The lowest BCUT2D eigenvalue weighted by Crippen LogP contribution is -1.99. The van der Waals surface area contributed by atoms with Crippen LogP contribution in [0.2, 0.25) is 5.02 Å². The third kappa shape index (κ3) is 4.00. The number of nitrogens with zero attached hydrogens (tertiary/aromatic N) is 3. The van der Waals surface area contributed by atoms with Gasteiger partial charge in [-0.15, -0.1) is 0 Å². The van der Waals surface area contributed by atoms with Crippen LogP contribution in [0.15, 0.2) is 77.9 Å². The van der Waals surface area contributed by atoms with Gasteiger partial charge in [0, 0.05) is 17.6 Å². The van der Waals surface area contributed by atoms with Gasteiger partial charge in [-0.1, -0.05) is 54.1 Å². The zero-order chi connectivity index (χ0) is 19.3. The van der Waals surface area contributed by atoms with Gasteiger partial charge in [0.15, 0.2) is 0 Å². The molecule has 0 bridgehead atoms. The molecule has 1 N–H and O–H groups in total. The lowest BCUT2D eigenvalue weighted by Gasteiger charge is -2.08. The third-order valence-electron chi connectivity index (χ3n) is 4.38. The zero-order valence-corrected chi connectivity index (χ0v) is 16.1. The predicted molar refractivity (Wildman–Crippen MR) is 114 cm³/mol. The largest absolute Gasteiger partial charge is 0.489 e. The molecule has 0 atom stereocenters. The molecular weight excluding hydrogens is 372 g/mol. The second-order valence-electron chi connectivity index (χ2n) is 6.31. The topological polar surface area (TPSA) is 51.4 Å². The van der Waals surface area contributed by atoms with Crippen LogP contribution in [0.5, 0.6) is 5.75 Å². The summed E-state index contributed by atoms with van der Waals surface area (Å²) in [5.74, 6) is 1.44. The van der Waals surface area contributed by atoms with E-state index < -0.39 is 0 Å². The number of aromatic nitrogens is 2. The monoisotopic (exact) mass is 390 g/mol. The first kappa shape index (κ1) is 18.1. The van der Waals surface area contributed by atoms with Crippen LogP contribution in [0.1, 0.15) is 11.1 Å². The fourth-order valence-electron chi connectivity index (χ4n) is 2.87. The van der Waals surface area contributed by atoms with Gasteiger partial charge >= 0.3 is 0 Å². The first-order valence-electron chi connectivity index (χ1n) is 8.87. The second-order valence-corrected chi connectivity index (χ2v) is 6.71. The van der Waals surface area contributed by atoms with Crippen LogP contribution in [0.25, 0.3) is 11.0 Å². The van der Waals surface area contributed by atoms with Crippen LogP contribution in [-0.4, -0.2) is 15.8 Å². The lowest BCUT2D eigenvalue weighted by atomic mass is 10.2. The molecule has 3 aromatic carbocycles. The molecule has 0 fully saturated rings. The molecule has 0 saturated carbocycles. The average Bonchev–Trinajstić information content (AvgIpc) is 3.04. The van der Waals surface area contributed by atoms with E-state index >= 15 is 0 Å². The number of halogens is 1. The third-order valence-corrected chi connectivity index (χ3v) is 4.74. The molecule has 0 amide bonds. The first-order chi connectivity index (χ1) is 13.7. The zero-order valence-electron chi connectivity index (χ0n) is 15.3. The van der Waals surface area contributed by atoms with Gasteiger partial charge < -0.3 is 9.30 Å². The fourth-order valence-corrected chi connectivity index (χ4v) is 3.06. The number of imidazole rings is 1. The summed E-state index contributed by atoms with van der Waals surface area (Å²) in [5, 5.41) is 5.01. The number of benzene rings is 3. The van der Waals surface area contributed by atoms with E-state index in [2.05, 4.69) is 15.5 Å². The second kappa shape index (κ2) is 8.15. The van der Waals surface area contributed by atoms with E-state index in [1.807, 2.05) is 84.4 Å². The predicted octanol–water partition coefficient (Wildman–Crippen LogP) is 5.25. The minimum absolute atomic E-state index is 0.415. The Morgan fingerprint density at radius 2 is 1.89 bits per heavy atom. The van der Waals surface area contributed by atoms with Crippen LogP contribution in [-0.2, 0) is 13.7 Å². The number of aryl methyl sites for hydroxylation is 1. The van der Waals surface area contributed by atoms with Crippen LogP contribution in [0.4, 0.5) is 5.95 Å². The molecule has 140 valence electrons. The van der Waals surface area contributed by atoms with Crippen molar-refractivity contribution < 1.29 is 4.74 Å². The minimum Gasteiger partial charge on any atom is -0.489 e. The Hall–Kier alpha value is -3.31. The lowest BCUT2D eigenvalue weighted by molar-refractivity contribution is 0.306. The number of anilines is 1. The molecule has 0 spiro atoms. The van der Waals surface area contributed by atoms with Crippen LogP contribution in [0, 0.1) is 0 Å². The summed E-state index contributed by atoms with van der Waals surface area (Å²) < 4.78 is 7.82. The first-order valence-corrected chi connectivity index (χ1v) is 9.25. The highest BCUT2D eigenvalue weighted by Gasteiger charge is 2.05. The van der Waals surface area contributed by atoms with Gasteiger partial charge in [0.25, 0.3) is 0 Å². The van der Waals surface area contributed by atoms with Gasteiger partial charge in [0.1, 0.15) is 12.4 Å². The molecule has 0 aliphatic carbocycles. The highest BCUT2D eigenvalue weighted by atomic mass is 35.5. The number of fused-ring (bicyclic) bond motifs is 1. The van der Waals surface area contributed by atoms with Gasteiger partial charge in [-0.05, 0) is 35.9 Å². The van der Waals surface area contributed by atoms with E-state index in [4.69, 9.17) is 16.3 Å². The van der Waals surface area contributed by atoms with Crippen LogP contribution in [0.3, 0.4) is 0 Å². The van der Waals surface area contributed by atoms with Crippen molar-refractivity contribution in [2.75, 3.05) is 5.43 Å². The quantitative estimate of drug-likeness (QED) is 0.361. The molecule has 28 heavy (non-hydrogen) atoms. The summed E-state index contributed by atoms with van der Waals surface area (Å²) in [6.07, 6.45) is 1.74. The summed E-state index contributed by atoms with van der Waals surface area (Å²) in [5.41, 5.74) is 6.85. The molecule has 1 heterocycles. The molecule has 0 radical (unpaired) electrons. The molecule has 6 heteroatoms. The van der Waals surface area contributed by atoms with Crippen molar-refractivity contribution in [1.29, 1.82) is 0 Å². The van der Waals surface area contributed by atoms with Crippen molar-refractivity contribution in [1.82, 2.24) is 9.55 Å². The molecular formula is C22H19ClN4O. The Bertz CT molecular complexity index is 1140. The van der Waals surface area contributed by atoms with Gasteiger partial charge in [-0.2, -0.15) is 5.10 Å². The van der Waals surface area contributed by atoms with E-state index in [0.717, 1.165) is 27.9 Å². The maximum absolute atomic E-state index is 6.17. The number of nitrogens with one attached hydrogen (secondary N) is 1. The molecule has 5 nitrogen and oxygen atoms in total. The van der Waals surface area contributed by atoms with Crippen molar-refractivity contribution in [3.63, 3.8) is 0 Å². The summed E-state index contributed by atoms with van der Waals surface area (Å²) in [7, 11) is 1.95. The van der Waals surface area contributed by atoms with Crippen LogP contribution < -0.4 is 10.2 Å². The van der Waals surface area contributed by atoms with Crippen molar-refractivity contribution in [3.05, 3.63) is 88.9 Å². The summed E-state index contributed by atoms with van der Waals surface area (Å²) in [6, 6.07) is 23.3. The fraction of sp³-hybridized carbons (Fsp3) is 0.0909. The van der Waals surface area contributed by atoms with Crippen molar-refractivity contribution in [2.24, 2.45) is 12.1 Å². The number of hydrazone groups is 1. The van der Waals surface area contributed by atoms with E-state index in [1.165, 1.54) is 0 Å². The Balaban J connectivity index is 1.42. The number of rotatable bonds is 6. The highest BCUT2D eigenvalue weighted by Crippen LogP contribution is 2.20. The van der Waals surface area contributed by atoms with E-state index in [9.17, 15) is 0 Å². The van der Waals surface area contributed by atoms with Gasteiger partial charge in [-0.25, -0.2) is 10.4 Å². The van der Waals surface area contributed by atoms with Gasteiger partial charge in [0.2, 0.25) is 5.95 Å². The summed E-state index contributed by atoms with van der Waals surface area (Å²) in [4.78, 5) is 4.53. The maximum atomic E-state index is 6.17. The average molecular weight is 391 g/mol. The SMILES string of the molecule is Cn1c(N/N=C\c2cccc(OCc3ccccc3Cl)c2)nc2ccccc21. The molecule has 1 aromatic heterocycles. The number of hydrogen-bond acceptors (Lipinski definition) is 4. The van der Waals surface area contributed by atoms with E-state index in [-0.39, 0.29) is 0 Å². The van der Waals surface area contributed by atoms with Gasteiger partial charge in [0.05, 0.1) is 17.2 Å². The minimum atomic E-state index is 0.415. The van der Waals surface area contributed by atoms with Gasteiger partial charge in [-0.3, -0.25) is 0 Å². The molecule has 4 aromatic rings. The smallest absolute Gasteiger partial charge is 0.224 e. The molecule has 0 unspecified atom stereocenters. The normalized spacial score (nSPS) is 11.2. The number of ether oxygens (including phenoxy) is 1. The van der Waals surface area contributed by atoms with Crippen molar-refractivity contribution in [3.8, 4) is 5.75 Å². The Morgan fingerprint density at radius 1 is 1.07 bits per heavy atom.